The van der Waals surface area contributed by atoms with Gasteiger partial charge in [0.1, 0.15) is 16.9 Å². The van der Waals surface area contributed by atoms with Crippen LogP contribution < -0.4 is 4.52 Å². The minimum absolute atomic E-state index is 0.0306. The van der Waals surface area contributed by atoms with E-state index in [2.05, 4.69) is 4.52 Å². The van der Waals surface area contributed by atoms with Gasteiger partial charge in [-0.1, -0.05) is 24.3 Å². The molecule has 0 aliphatic heterocycles. The highest BCUT2D eigenvalue weighted by atomic mass is 31.2. The van der Waals surface area contributed by atoms with Crippen molar-refractivity contribution in [3.8, 4) is 5.75 Å². The van der Waals surface area contributed by atoms with Crippen LogP contribution in [0.25, 0.3) is 10.8 Å². The van der Waals surface area contributed by atoms with Crippen molar-refractivity contribution >= 4 is 24.6 Å². The summed E-state index contributed by atoms with van der Waals surface area (Å²) in [6.45, 7) is 5.11. The maximum atomic E-state index is 12.3. The number of benzene rings is 2. The SMILES string of the molecule is CC(C)(C)OC(=O)c1cc2ccccc2cc1OP(=O)(O)O. The van der Waals surface area contributed by atoms with Crippen molar-refractivity contribution in [2.45, 2.75) is 26.4 Å². The zero-order valence-electron chi connectivity index (χ0n) is 12.4. The van der Waals surface area contributed by atoms with E-state index in [1.54, 1.807) is 45.0 Å². The number of hydrogen-bond acceptors (Lipinski definition) is 4. The van der Waals surface area contributed by atoms with Crippen LogP contribution in [0.4, 0.5) is 0 Å². The zero-order chi connectivity index (χ0) is 16.5. The normalized spacial score (nSPS) is 12.2. The monoisotopic (exact) mass is 324 g/mol. The van der Waals surface area contributed by atoms with Gasteiger partial charge in [-0.3, -0.25) is 9.79 Å². The Hall–Kier alpha value is -1.88. The van der Waals surface area contributed by atoms with Gasteiger partial charge in [0, 0.05) is 0 Å². The van der Waals surface area contributed by atoms with Gasteiger partial charge in [-0.25, -0.2) is 9.36 Å². The Labute approximate surface area is 127 Å². The van der Waals surface area contributed by atoms with Gasteiger partial charge in [-0.15, -0.1) is 0 Å². The lowest BCUT2D eigenvalue weighted by Crippen LogP contribution is -2.24. The summed E-state index contributed by atoms with van der Waals surface area (Å²) in [6, 6.07) is 10.0. The van der Waals surface area contributed by atoms with Crippen LogP contribution in [-0.4, -0.2) is 21.4 Å². The lowest BCUT2D eigenvalue weighted by Gasteiger charge is -2.21. The molecule has 118 valence electrons. The topological polar surface area (TPSA) is 93.1 Å². The van der Waals surface area contributed by atoms with Crippen molar-refractivity contribution in [1.82, 2.24) is 0 Å². The summed E-state index contributed by atoms with van der Waals surface area (Å²) in [5.74, 6) is -0.914. The largest absolute Gasteiger partial charge is 0.524 e. The summed E-state index contributed by atoms with van der Waals surface area (Å²) in [5.41, 5.74) is -0.765. The van der Waals surface area contributed by atoms with E-state index in [1.807, 2.05) is 0 Å². The lowest BCUT2D eigenvalue weighted by molar-refractivity contribution is 0.00679. The molecule has 0 aliphatic carbocycles. The first-order chi connectivity index (χ1) is 10.1. The van der Waals surface area contributed by atoms with Crippen LogP contribution >= 0.6 is 7.82 Å². The number of rotatable bonds is 3. The van der Waals surface area contributed by atoms with Gasteiger partial charge in [0.05, 0.1) is 0 Å². The summed E-state index contributed by atoms with van der Waals surface area (Å²) in [7, 11) is -4.79. The number of carbonyl (C=O) groups excluding carboxylic acids is 1. The third-order valence-electron chi connectivity index (χ3n) is 2.68. The van der Waals surface area contributed by atoms with Crippen molar-refractivity contribution in [3.63, 3.8) is 0 Å². The smallest absolute Gasteiger partial charge is 0.456 e. The summed E-state index contributed by atoms with van der Waals surface area (Å²) in [4.78, 5) is 30.3. The standard InChI is InChI=1S/C15H17O6P/c1-15(2,3)20-14(16)12-8-10-6-4-5-7-11(10)9-13(12)21-22(17,18)19/h4-9H,1-3H3,(H2,17,18,19). The Kier molecular flexibility index (Phi) is 4.29. The van der Waals surface area contributed by atoms with Crippen LogP contribution in [0.5, 0.6) is 5.75 Å². The van der Waals surface area contributed by atoms with Crippen LogP contribution in [0, 0.1) is 0 Å². The van der Waals surface area contributed by atoms with E-state index < -0.39 is 19.4 Å². The van der Waals surface area contributed by atoms with E-state index in [9.17, 15) is 9.36 Å². The van der Waals surface area contributed by atoms with Crippen LogP contribution in [-0.2, 0) is 9.30 Å². The van der Waals surface area contributed by atoms with Gasteiger partial charge in [0.2, 0.25) is 0 Å². The van der Waals surface area contributed by atoms with Crippen molar-refractivity contribution in [2.75, 3.05) is 0 Å². The number of fused-ring (bicyclic) bond motifs is 1. The predicted octanol–water partition coefficient (Wildman–Crippen LogP) is 3.27. The highest BCUT2D eigenvalue weighted by molar-refractivity contribution is 7.46. The fraction of sp³-hybridized carbons (Fsp3) is 0.267. The summed E-state index contributed by atoms with van der Waals surface area (Å²) in [5, 5.41) is 1.43. The first-order valence-corrected chi connectivity index (χ1v) is 8.09. The molecule has 2 N–H and O–H groups in total. The molecule has 2 aromatic carbocycles. The van der Waals surface area contributed by atoms with Gasteiger partial charge in [0.25, 0.3) is 0 Å². The van der Waals surface area contributed by atoms with Gasteiger partial charge in [-0.05, 0) is 43.7 Å². The van der Waals surface area contributed by atoms with Crippen molar-refractivity contribution in [3.05, 3.63) is 42.0 Å². The molecule has 0 radical (unpaired) electrons. The molecule has 0 saturated carbocycles. The molecule has 2 rings (SSSR count). The molecule has 2 aromatic rings. The lowest BCUT2D eigenvalue weighted by atomic mass is 10.1. The third kappa shape index (κ3) is 4.31. The van der Waals surface area contributed by atoms with Crippen molar-refractivity contribution in [2.24, 2.45) is 0 Å². The maximum absolute atomic E-state index is 12.3. The highest BCUT2D eigenvalue weighted by Gasteiger charge is 2.25. The molecule has 0 unspecified atom stereocenters. The molecule has 0 bridgehead atoms. The molecule has 0 aromatic heterocycles. The summed E-state index contributed by atoms with van der Waals surface area (Å²) in [6.07, 6.45) is 0. The number of phosphoric ester groups is 1. The molecule has 0 aliphatic rings. The van der Waals surface area contributed by atoms with Crippen molar-refractivity contribution in [1.29, 1.82) is 0 Å². The van der Waals surface area contributed by atoms with E-state index >= 15 is 0 Å². The molecule has 6 nitrogen and oxygen atoms in total. The molecule has 0 amide bonds. The fourth-order valence-electron chi connectivity index (χ4n) is 1.92. The summed E-state index contributed by atoms with van der Waals surface area (Å²) < 4.78 is 21.0. The van der Waals surface area contributed by atoms with Crippen molar-refractivity contribution < 1.29 is 28.4 Å². The molecule has 7 heteroatoms. The predicted molar refractivity (Wildman–Crippen MR) is 81.8 cm³/mol. The molecular weight excluding hydrogens is 307 g/mol. The maximum Gasteiger partial charge on any atom is 0.524 e. The minimum atomic E-state index is -4.79. The third-order valence-corrected chi connectivity index (χ3v) is 3.12. The Morgan fingerprint density at radius 2 is 1.64 bits per heavy atom. The van der Waals surface area contributed by atoms with Crippen LogP contribution in [0.1, 0.15) is 31.1 Å². The molecule has 0 fully saturated rings. The number of ether oxygens (including phenoxy) is 1. The Bertz CT molecular complexity index is 756. The Morgan fingerprint density at radius 1 is 1.09 bits per heavy atom. The number of hydrogen-bond donors (Lipinski definition) is 2. The Balaban J connectivity index is 2.55. The average Bonchev–Trinajstić information content (AvgIpc) is 2.33. The quantitative estimate of drug-likeness (QED) is 0.665. The second-order valence-electron chi connectivity index (χ2n) is 5.78. The van der Waals surface area contributed by atoms with Gasteiger partial charge in [0.15, 0.2) is 0 Å². The molecular formula is C15H17O6P. The van der Waals surface area contributed by atoms with Crippen LogP contribution in [0.2, 0.25) is 0 Å². The van der Waals surface area contributed by atoms with Crippen LogP contribution in [0.3, 0.4) is 0 Å². The second kappa shape index (κ2) is 5.72. The summed E-state index contributed by atoms with van der Waals surface area (Å²) >= 11 is 0. The molecule has 0 saturated heterocycles. The molecule has 0 spiro atoms. The zero-order valence-corrected chi connectivity index (χ0v) is 13.3. The second-order valence-corrected chi connectivity index (χ2v) is 6.94. The highest BCUT2D eigenvalue weighted by Crippen LogP contribution is 2.40. The molecule has 0 atom stereocenters. The molecule has 0 heterocycles. The van der Waals surface area contributed by atoms with E-state index in [0.717, 1.165) is 5.39 Å². The fourth-order valence-corrected chi connectivity index (χ4v) is 2.32. The minimum Gasteiger partial charge on any atom is -0.456 e. The first kappa shape index (κ1) is 16.5. The first-order valence-electron chi connectivity index (χ1n) is 6.56. The van der Waals surface area contributed by atoms with Gasteiger partial charge < -0.3 is 9.26 Å². The number of esters is 1. The van der Waals surface area contributed by atoms with Gasteiger partial charge in [-0.2, -0.15) is 0 Å². The Morgan fingerprint density at radius 3 is 2.14 bits per heavy atom. The van der Waals surface area contributed by atoms with E-state index in [1.165, 1.54) is 12.1 Å². The average molecular weight is 324 g/mol. The van der Waals surface area contributed by atoms with E-state index in [-0.39, 0.29) is 11.3 Å². The van der Waals surface area contributed by atoms with Gasteiger partial charge >= 0.3 is 13.8 Å². The van der Waals surface area contributed by atoms with E-state index in [0.29, 0.717) is 5.39 Å². The molecule has 22 heavy (non-hydrogen) atoms. The number of carbonyl (C=O) groups is 1. The van der Waals surface area contributed by atoms with E-state index in [4.69, 9.17) is 14.5 Å². The number of phosphoric acid groups is 1. The van der Waals surface area contributed by atoms with Crippen LogP contribution in [0.15, 0.2) is 36.4 Å².